The van der Waals surface area contributed by atoms with E-state index in [2.05, 4.69) is 62.2 Å². The first-order valence-corrected chi connectivity index (χ1v) is 7.46. The number of benzene rings is 1. The molecule has 2 rings (SSSR count). The third-order valence-electron chi connectivity index (χ3n) is 3.71. The van der Waals surface area contributed by atoms with Crippen LogP contribution in [-0.2, 0) is 13.1 Å². The summed E-state index contributed by atoms with van der Waals surface area (Å²) in [6.07, 6.45) is 0. The summed E-state index contributed by atoms with van der Waals surface area (Å²) in [4.78, 5) is 2.57. The maximum atomic E-state index is 3.59. The highest BCUT2D eigenvalue weighted by Crippen LogP contribution is 2.26. The summed E-state index contributed by atoms with van der Waals surface area (Å²) < 4.78 is 0. The Morgan fingerprint density at radius 3 is 2.26 bits per heavy atom. The fourth-order valence-electron chi connectivity index (χ4n) is 2.88. The van der Waals surface area contributed by atoms with Crippen LogP contribution in [0.2, 0.25) is 0 Å². The van der Waals surface area contributed by atoms with Gasteiger partial charge in [0, 0.05) is 26.2 Å². The average molecular weight is 260 g/mol. The molecule has 1 aromatic carbocycles. The first kappa shape index (κ1) is 14.5. The lowest BCUT2D eigenvalue weighted by Crippen LogP contribution is -2.39. The molecule has 2 heteroatoms. The Hall–Kier alpha value is -0.860. The normalized spacial score (nSPS) is 16.1. The van der Waals surface area contributed by atoms with Crippen molar-refractivity contribution in [3.63, 3.8) is 0 Å². The highest BCUT2D eigenvalue weighted by atomic mass is 15.1. The monoisotopic (exact) mass is 260 g/mol. The van der Waals surface area contributed by atoms with Gasteiger partial charge in [-0.2, -0.15) is 0 Å². The molecule has 1 heterocycles. The molecule has 1 aliphatic heterocycles. The minimum absolute atomic E-state index is 0.330. The molecule has 0 radical (unpaired) electrons. The Kier molecular flexibility index (Phi) is 4.64. The van der Waals surface area contributed by atoms with Gasteiger partial charge in [0.05, 0.1) is 0 Å². The van der Waals surface area contributed by atoms with Crippen LogP contribution in [0.1, 0.15) is 38.8 Å². The van der Waals surface area contributed by atoms with Gasteiger partial charge < -0.3 is 5.32 Å². The molecule has 1 aliphatic rings. The van der Waals surface area contributed by atoms with Crippen molar-refractivity contribution in [3.05, 3.63) is 35.4 Å². The zero-order chi connectivity index (χ0) is 13.9. The third-order valence-corrected chi connectivity index (χ3v) is 3.71. The van der Waals surface area contributed by atoms with E-state index in [9.17, 15) is 0 Å². The summed E-state index contributed by atoms with van der Waals surface area (Å²) in [6.45, 7) is 14.9. The van der Waals surface area contributed by atoms with E-state index in [-0.39, 0.29) is 0 Å². The van der Waals surface area contributed by atoms with Crippen molar-refractivity contribution in [1.29, 1.82) is 0 Å². The fraction of sp³-hybridized carbons (Fsp3) is 0.647. The van der Waals surface area contributed by atoms with Crippen LogP contribution in [0.25, 0.3) is 0 Å². The van der Waals surface area contributed by atoms with E-state index < -0.39 is 0 Å². The smallest absolute Gasteiger partial charge is 0.0240 e. The molecule has 0 amide bonds. The predicted octanol–water partition coefficient (Wildman–Crippen LogP) is 3.27. The number of hydrogen-bond donors (Lipinski definition) is 1. The standard InChI is InChI=1S/C17H28N2/c1-14(2)9-18-12-17(3,4)13-19-10-15-7-5-6-8-16(15)11-19/h5-8,14,18H,9-13H2,1-4H3. The highest BCUT2D eigenvalue weighted by molar-refractivity contribution is 5.30. The van der Waals surface area contributed by atoms with E-state index in [1.54, 1.807) is 0 Å². The molecular weight excluding hydrogens is 232 g/mol. The van der Waals surface area contributed by atoms with Crippen molar-refractivity contribution in [2.45, 2.75) is 40.8 Å². The van der Waals surface area contributed by atoms with Gasteiger partial charge >= 0.3 is 0 Å². The number of hydrogen-bond acceptors (Lipinski definition) is 2. The van der Waals surface area contributed by atoms with Crippen LogP contribution in [0.3, 0.4) is 0 Å². The molecule has 0 spiro atoms. The quantitative estimate of drug-likeness (QED) is 0.844. The maximum Gasteiger partial charge on any atom is 0.0240 e. The van der Waals surface area contributed by atoms with E-state index in [4.69, 9.17) is 0 Å². The summed E-state index contributed by atoms with van der Waals surface area (Å²) in [5.41, 5.74) is 3.35. The molecular formula is C17H28N2. The van der Waals surface area contributed by atoms with Gasteiger partial charge in [0.25, 0.3) is 0 Å². The SMILES string of the molecule is CC(C)CNCC(C)(C)CN1Cc2ccccc2C1. The molecule has 0 saturated heterocycles. The first-order chi connectivity index (χ1) is 8.96. The van der Waals surface area contributed by atoms with E-state index in [0.717, 1.165) is 38.6 Å². The topological polar surface area (TPSA) is 15.3 Å². The fourth-order valence-corrected chi connectivity index (χ4v) is 2.88. The summed E-state index contributed by atoms with van der Waals surface area (Å²) in [5.74, 6) is 0.729. The number of nitrogens with zero attached hydrogens (tertiary/aromatic N) is 1. The molecule has 0 atom stereocenters. The van der Waals surface area contributed by atoms with Gasteiger partial charge in [0.15, 0.2) is 0 Å². The van der Waals surface area contributed by atoms with Gasteiger partial charge in [0.1, 0.15) is 0 Å². The van der Waals surface area contributed by atoms with Gasteiger partial charge in [-0.1, -0.05) is 52.0 Å². The molecule has 0 aliphatic carbocycles. The molecule has 106 valence electrons. The molecule has 0 bridgehead atoms. The van der Waals surface area contributed by atoms with Crippen LogP contribution in [0.5, 0.6) is 0 Å². The molecule has 0 unspecified atom stereocenters. The minimum Gasteiger partial charge on any atom is -0.316 e. The lowest BCUT2D eigenvalue weighted by Gasteiger charge is -2.30. The summed E-state index contributed by atoms with van der Waals surface area (Å²) in [7, 11) is 0. The van der Waals surface area contributed by atoms with E-state index in [1.165, 1.54) is 11.1 Å². The Balaban J connectivity index is 1.82. The second kappa shape index (κ2) is 6.06. The second-order valence-corrected chi connectivity index (χ2v) is 7.10. The van der Waals surface area contributed by atoms with Crippen LogP contribution in [0, 0.1) is 11.3 Å². The average Bonchev–Trinajstić information content (AvgIpc) is 2.68. The lowest BCUT2D eigenvalue weighted by molar-refractivity contribution is 0.174. The van der Waals surface area contributed by atoms with E-state index in [0.29, 0.717) is 5.41 Å². The van der Waals surface area contributed by atoms with E-state index in [1.807, 2.05) is 0 Å². The Morgan fingerprint density at radius 2 is 1.74 bits per heavy atom. The van der Waals surface area contributed by atoms with Gasteiger partial charge in [-0.25, -0.2) is 0 Å². The Bertz CT molecular complexity index is 384. The van der Waals surface area contributed by atoms with Crippen LogP contribution in [-0.4, -0.2) is 24.5 Å². The molecule has 0 fully saturated rings. The zero-order valence-corrected chi connectivity index (χ0v) is 12.9. The third kappa shape index (κ3) is 4.32. The maximum absolute atomic E-state index is 3.59. The van der Waals surface area contributed by atoms with E-state index >= 15 is 0 Å². The Labute approximate surface area is 118 Å². The molecule has 0 saturated carbocycles. The summed E-state index contributed by atoms with van der Waals surface area (Å²) in [6, 6.07) is 8.83. The molecule has 19 heavy (non-hydrogen) atoms. The van der Waals surface area contributed by atoms with Crippen molar-refractivity contribution in [3.8, 4) is 0 Å². The number of fused-ring (bicyclic) bond motifs is 1. The summed E-state index contributed by atoms with van der Waals surface area (Å²) >= 11 is 0. The first-order valence-electron chi connectivity index (χ1n) is 7.46. The van der Waals surface area contributed by atoms with Gasteiger partial charge in [-0.05, 0) is 29.0 Å². The molecule has 0 aromatic heterocycles. The van der Waals surface area contributed by atoms with Crippen LogP contribution >= 0.6 is 0 Å². The second-order valence-electron chi connectivity index (χ2n) is 7.10. The lowest BCUT2D eigenvalue weighted by atomic mass is 9.92. The minimum atomic E-state index is 0.330. The van der Waals surface area contributed by atoms with Gasteiger partial charge in [-0.3, -0.25) is 4.90 Å². The van der Waals surface area contributed by atoms with Crippen LogP contribution < -0.4 is 5.32 Å². The van der Waals surface area contributed by atoms with Gasteiger partial charge in [0.2, 0.25) is 0 Å². The Morgan fingerprint density at radius 1 is 1.16 bits per heavy atom. The predicted molar refractivity (Wildman–Crippen MR) is 82.0 cm³/mol. The van der Waals surface area contributed by atoms with Crippen molar-refractivity contribution in [2.75, 3.05) is 19.6 Å². The molecule has 2 nitrogen and oxygen atoms in total. The van der Waals surface area contributed by atoms with Crippen molar-refractivity contribution in [2.24, 2.45) is 11.3 Å². The highest BCUT2D eigenvalue weighted by Gasteiger charge is 2.25. The zero-order valence-electron chi connectivity index (χ0n) is 12.9. The van der Waals surface area contributed by atoms with Crippen LogP contribution in [0.15, 0.2) is 24.3 Å². The van der Waals surface area contributed by atoms with Crippen LogP contribution in [0.4, 0.5) is 0 Å². The molecule has 1 N–H and O–H groups in total. The molecule has 1 aromatic rings. The number of rotatable bonds is 6. The van der Waals surface area contributed by atoms with Crippen molar-refractivity contribution < 1.29 is 0 Å². The summed E-state index contributed by atoms with van der Waals surface area (Å²) in [5, 5.41) is 3.59. The largest absolute Gasteiger partial charge is 0.316 e. The van der Waals surface area contributed by atoms with Gasteiger partial charge in [-0.15, -0.1) is 0 Å². The van der Waals surface area contributed by atoms with Crippen molar-refractivity contribution in [1.82, 2.24) is 10.2 Å². The van der Waals surface area contributed by atoms with Crippen molar-refractivity contribution >= 4 is 0 Å². The number of nitrogens with one attached hydrogen (secondary N) is 1.